The SMILES string of the molecule is CC(=NNC(=O)C(C)(C)O)c1ccccc1Cl. The van der Waals surface area contributed by atoms with Crippen LogP contribution in [0.5, 0.6) is 0 Å². The highest BCUT2D eigenvalue weighted by molar-refractivity contribution is 6.34. The highest BCUT2D eigenvalue weighted by atomic mass is 35.5. The van der Waals surface area contributed by atoms with Crippen LogP contribution >= 0.6 is 11.6 Å². The molecule has 4 nitrogen and oxygen atoms in total. The van der Waals surface area contributed by atoms with E-state index in [1.54, 1.807) is 19.1 Å². The topological polar surface area (TPSA) is 61.7 Å². The molecular weight excluding hydrogens is 240 g/mol. The van der Waals surface area contributed by atoms with Crippen LogP contribution in [0.1, 0.15) is 26.3 Å². The van der Waals surface area contributed by atoms with Crippen molar-refractivity contribution in [2.45, 2.75) is 26.4 Å². The molecule has 0 aliphatic rings. The smallest absolute Gasteiger partial charge is 0.271 e. The van der Waals surface area contributed by atoms with E-state index in [4.69, 9.17) is 11.6 Å². The molecule has 0 bridgehead atoms. The number of nitrogens with zero attached hydrogens (tertiary/aromatic N) is 1. The second kappa shape index (κ2) is 5.29. The number of halogens is 1. The maximum absolute atomic E-state index is 11.4. The molecule has 0 unspecified atom stereocenters. The maximum atomic E-state index is 11.4. The quantitative estimate of drug-likeness (QED) is 0.640. The standard InChI is InChI=1S/C12H15ClN2O2/c1-8(9-6-4-5-7-10(9)13)14-15-11(16)12(2,3)17/h4-7,17H,1-3H3,(H,15,16). The minimum atomic E-state index is -1.45. The molecule has 0 aromatic heterocycles. The normalized spacial score (nSPS) is 12.4. The van der Waals surface area contributed by atoms with Crippen molar-refractivity contribution >= 4 is 23.2 Å². The first kappa shape index (κ1) is 13.7. The number of nitrogens with one attached hydrogen (secondary N) is 1. The van der Waals surface area contributed by atoms with E-state index >= 15 is 0 Å². The van der Waals surface area contributed by atoms with E-state index in [0.717, 1.165) is 5.56 Å². The van der Waals surface area contributed by atoms with Crippen molar-refractivity contribution in [1.82, 2.24) is 5.43 Å². The van der Waals surface area contributed by atoms with Crippen LogP contribution in [0, 0.1) is 0 Å². The van der Waals surface area contributed by atoms with Gasteiger partial charge in [0.05, 0.1) is 5.71 Å². The number of rotatable bonds is 3. The Balaban J connectivity index is 2.82. The largest absolute Gasteiger partial charge is 0.381 e. The number of carbonyl (C=O) groups is 1. The van der Waals surface area contributed by atoms with Crippen LogP contribution in [-0.4, -0.2) is 22.3 Å². The predicted octanol–water partition coefficient (Wildman–Crippen LogP) is 1.95. The Morgan fingerprint density at radius 1 is 1.41 bits per heavy atom. The monoisotopic (exact) mass is 254 g/mol. The second-order valence-corrected chi connectivity index (χ2v) is 4.58. The van der Waals surface area contributed by atoms with E-state index in [-0.39, 0.29) is 0 Å². The maximum Gasteiger partial charge on any atom is 0.271 e. The number of hydrogen-bond donors (Lipinski definition) is 2. The fraction of sp³-hybridized carbons (Fsp3) is 0.333. The van der Waals surface area contributed by atoms with E-state index < -0.39 is 11.5 Å². The van der Waals surface area contributed by atoms with Crippen LogP contribution in [0.15, 0.2) is 29.4 Å². The molecule has 0 spiro atoms. The Kier molecular flexibility index (Phi) is 4.26. The number of aliphatic hydroxyl groups is 1. The first-order valence-corrected chi connectivity index (χ1v) is 5.52. The summed E-state index contributed by atoms with van der Waals surface area (Å²) in [7, 11) is 0. The van der Waals surface area contributed by atoms with Crippen molar-refractivity contribution in [2.75, 3.05) is 0 Å². The molecular formula is C12H15ClN2O2. The van der Waals surface area contributed by atoms with Crippen LogP contribution < -0.4 is 5.43 Å². The fourth-order valence-electron chi connectivity index (χ4n) is 1.09. The molecule has 0 saturated heterocycles. The summed E-state index contributed by atoms with van der Waals surface area (Å²) in [5, 5.41) is 13.9. The van der Waals surface area contributed by atoms with Crippen molar-refractivity contribution in [3.63, 3.8) is 0 Å². The van der Waals surface area contributed by atoms with Gasteiger partial charge in [-0.2, -0.15) is 5.10 Å². The Hall–Kier alpha value is -1.39. The van der Waals surface area contributed by atoms with Gasteiger partial charge in [0.2, 0.25) is 0 Å². The molecule has 0 heterocycles. The summed E-state index contributed by atoms with van der Waals surface area (Å²) in [6.45, 7) is 4.51. The van der Waals surface area contributed by atoms with E-state index in [9.17, 15) is 9.90 Å². The zero-order valence-corrected chi connectivity index (χ0v) is 10.7. The third-order valence-electron chi connectivity index (χ3n) is 2.14. The highest BCUT2D eigenvalue weighted by Gasteiger charge is 2.23. The third kappa shape index (κ3) is 3.84. The van der Waals surface area contributed by atoms with Crippen molar-refractivity contribution in [2.24, 2.45) is 5.10 Å². The van der Waals surface area contributed by atoms with Gasteiger partial charge >= 0.3 is 0 Å². The summed E-state index contributed by atoms with van der Waals surface area (Å²) < 4.78 is 0. The predicted molar refractivity (Wildman–Crippen MR) is 68.1 cm³/mol. The molecule has 5 heteroatoms. The number of benzene rings is 1. The molecule has 2 N–H and O–H groups in total. The lowest BCUT2D eigenvalue weighted by molar-refractivity contribution is -0.136. The van der Waals surface area contributed by atoms with Gasteiger partial charge in [-0.05, 0) is 26.8 Å². The number of hydrogen-bond acceptors (Lipinski definition) is 3. The minimum Gasteiger partial charge on any atom is -0.381 e. The molecule has 0 aliphatic carbocycles. The van der Waals surface area contributed by atoms with Crippen LogP contribution in [0.25, 0.3) is 0 Å². The van der Waals surface area contributed by atoms with E-state index in [1.807, 2.05) is 12.1 Å². The summed E-state index contributed by atoms with van der Waals surface area (Å²) >= 11 is 5.98. The molecule has 1 aromatic carbocycles. The second-order valence-electron chi connectivity index (χ2n) is 4.18. The van der Waals surface area contributed by atoms with Crippen molar-refractivity contribution < 1.29 is 9.90 Å². The van der Waals surface area contributed by atoms with Crippen LogP contribution in [-0.2, 0) is 4.79 Å². The number of hydrazone groups is 1. The van der Waals surface area contributed by atoms with Gasteiger partial charge in [-0.15, -0.1) is 0 Å². The van der Waals surface area contributed by atoms with Crippen molar-refractivity contribution in [3.05, 3.63) is 34.9 Å². The minimum absolute atomic E-state index is 0.561. The molecule has 0 fully saturated rings. The average Bonchev–Trinajstić information content (AvgIpc) is 2.24. The van der Waals surface area contributed by atoms with Crippen molar-refractivity contribution in [3.8, 4) is 0 Å². The van der Waals surface area contributed by atoms with E-state index in [2.05, 4.69) is 10.5 Å². The van der Waals surface area contributed by atoms with Crippen LogP contribution in [0.2, 0.25) is 5.02 Å². The molecule has 1 rings (SSSR count). The molecule has 92 valence electrons. The molecule has 1 amide bonds. The molecule has 0 saturated carbocycles. The lowest BCUT2D eigenvalue weighted by atomic mass is 10.1. The van der Waals surface area contributed by atoms with E-state index in [0.29, 0.717) is 10.7 Å². The van der Waals surface area contributed by atoms with Crippen molar-refractivity contribution in [1.29, 1.82) is 0 Å². The third-order valence-corrected chi connectivity index (χ3v) is 2.47. The summed E-state index contributed by atoms with van der Waals surface area (Å²) in [6.07, 6.45) is 0. The Bertz CT molecular complexity index is 450. The Morgan fingerprint density at radius 2 is 2.00 bits per heavy atom. The molecule has 17 heavy (non-hydrogen) atoms. The van der Waals surface area contributed by atoms with Crippen LogP contribution in [0.3, 0.4) is 0 Å². The van der Waals surface area contributed by atoms with Gasteiger partial charge < -0.3 is 5.11 Å². The average molecular weight is 255 g/mol. The Labute approximate surface area is 105 Å². The summed E-state index contributed by atoms with van der Waals surface area (Å²) in [4.78, 5) is 11.4. The lowest BCUT2D eigenvalue weighted by Crippen LogP contribution is -2.39. The van der Waals surface area contributed by atoms with Gasteiger partial charge in [0.15, 0.2) is 0 Å². The van der Waals surface area contributed by atoms with Gasteiger partial charge in [-0.3, -0.25) is 4.79 Å². The zero-order chi connectivity index (χ0) is 13.1. The first-order valence-electron chi connectivity index (χ1n) is 5.14. The first-order chi connectivity index (χ1) is 7.82. The molecule has 0 atom stereocenters. The van der Waals surface area contributed by atoms with Gasteiger partial charge in [-0.25, -0.2) is 5.43 Å². The van der Waals surface area contributed by atoms with Gasteiger partial charge in [0.25, 0.3) is 5.91 Å². The number of carbonyl (C=O) groups excluding carboxylic acids is 1. The molecule has 0 radical (unpaired) electrons. The van der Waals surface area contributed by atoms with Gasteiger partial charge in [0.1, 0.15) is 5.60 Å². The zero-order valence-electron chi connectivity index (χ0n) is 9.99. The molecule has 1 aromatic rings. The van der Waals surface area contributed by atoms with E-state index in [1.165, 1.54) is 13.8 Å². The van der Waals surface area contributed by atoms with Crippen LogP contribution in [0.4, 0.5) is 0 Å². The number of amides is 1. The molecule has 0 aliphatic heterocycles. The summed E-state index contributed by atoms with van der Waals surface area (Å²) in [6, 6.07) is 7.19. The highest BCUT2D eigenvalue weighted by Crippen LogP contribution is 2.15. The summed E-state index contributed by atoms with van der Waals surface area (Å²) in [5.74, 6) is -0.566. The lowest BCUT2D eigenvalue weighted by Gasteiger charge is -2.14. The summed E-state index contributed by atoms with van der Waals surface area (Å²) in [5.41, 5.74) is 2.15. The Morgan fingerprint density at radius 3 is 2.53 bits per heavy atom. The fourth-order valence-corrected chi connectivity index (χ4v) is 1.36. The van der Waals surface area contributed by atoms with Gasteiger partial charge in [0, 0.05) is 10.6 Å². The van der Waals surface area contributed by atoms with Gasteiger partial charge in [-0.1, -0.05) is 29.8 Å².